The van der Waals surface area contributed by atoms with E-state index in [1.807, 2.05) is 40.0 Å². The van der Waals surface area contributed by atoms with Crippen LogP contribution in [0.4, 0.5) is 10.1 Å². The fraction of sp³-hybridized carbons (Fsp3) is 0.238. The molecule has 0 bridgehead atoms. The van der Waals surface area contributed by atoms with E-state index in [1.165, 1.54) is 11.9 Å². The molecule has 134 valence electrons. The summed E-state index contributed by atoms with van der Waals surface area (Å²) in [6.07, 6.45) is 4.37. The molecular weight excluding hydrogens is 345 g/mol. The number of nitrogens with zero attached hydrogens (tertiary/aromatic N) is 2. The minimum atomic E-state index is -0.217. The molecule has 0 aliphatic rings. The Balaban J connectivity index is 1.86. The largest absolute Gasteiger partial charge is 0.324 e. The average Bonchev–Trinajstić information content (AvgIpc) is 2.60. The molecule has 0 saturated carbocycles. The van der Waals surface area contributed by atoms with Gasteiger partial charge in [-0.25, -0.2) is 4.39 Å². The molecule has 3 rings (SSSR count). The summed E-state index contributed by atoms with van der Waals surface area (Å²) >= 11 is 1.42. The Bertz CT molecular complexity index is 941. The maximum atomic E-state index is 13.7. The maximum Gasteiger partial charge on any atom is 0.124 e. The van der Waals surface area contributed by atoms with E-state index < -0.39 is 0 Å². The Hall–Kier alpha value is -2.40. The lowest BCUT2D eigenvalue weighted by atomic mass is 10.1. The van der Waals surface area contributed by atoms with E-state index >= 15 is 0 Å². The van der Waals surface area contributed by atoms with E-state index in [1.54, 1.807) is 18.3 Å². The summed E-state index contributed by atoms with van der Waals surface area (Å²) in [5.41, 5.74) is 7.15. The lowest BCUT2D eigenvalue weighted by molar-refractivity contribution is 0.622. The summed E-state index contributed by atoms with van der Waals surface area (Å²) in [6, 6.07) is 9.21. The molecule has 2 aromatic heterocycles. The highest BCUT2D eigenvalue weighted by Crippen LogP contribution is 2.29. The Morgan fingerprint density at radius 2 is 1.88 bits per heavy atom. The van der Waals surface area contributed by atoms with Crippen LogP contribution in [0.25, 0.3) is 0 Å². The summed E-state index contributed by atoms with van der Waals surface area (Å²) in [7, 11) is 0. The molecule has 0 amide bonds. The molecule has 0 fully saturated rings. The van der Waals surface area contributed by atoms with Gasteiger partial charge in [-0.05, 0) is 86.2 Å². The van der Waals surface area contributed by atoms with Crippen molar-refractivity contribution in [3.63, 3.8) is 0 Å². The minimum absolute atomic E-state index is 0.217. The molecule has 0 aliphatic carbocycles. The number of aromatic nitrogens is 2. The number of pyridine rings is 2. The number of hydrogen-bond donors (Lipinski definition) is 1. The number of nitrogens with one attached hydrogen (secondary N) is 1. The SMILES string of the molecule is Cc1cnc(Cc2cccnc2C)c(NSc2cc(F)cc(C)c2C)c1. The van der Waals surface area contributed by atoms with Gasteiger partial charge >= 0.3 is 0 Å². The normalized spacial score (nSPS) is 10.8. The van der Waals surface area contributed by atoms with Gasteiger partial charge < -0.3 is 4.72 Å². The molecule has 5 heteroatoms. The highest BCUT2D eigenvalue weighted by molar-refractivity contribution is 8.00. The summed E-state index contributed by atoms with van der Waals surface area (Å²) in [4.78, 5) is 9.84. The van der Waals surface area contributed by atoms with Crippen LogP contribution in [0.1, 0.15) is 33.6 Å². The fourth-order valence-corrected chi connectivity index (χ4v) is 3.59. The average molecular weight is 367 g/mol. The third-order valence-electron chi connectivity index (χ3n) is 4.44. The first-order valence-electron chi connectivity index (χ1n) is 8.49. The standard InChI is InChI=1S/C21H22FN3S/c1-13-8-20(25-26-21-11-18(22)9-14(2)15(21)3)19(24-12-13)10-17-6-5-7-23-16(17)4/h5-9,11-12,25H,10H2,1-4H3. The predicted octanol–water partition coefficient (Wildman–Crippen LogP) is 5.56. The van der Waals surface area contributed by atoms with Gasteiger partial charge in [0.05, 0.1) is 11.4 Å². The van der Waals surface area contributed by atoms with Crippen LogP contribution in [-0.4, -0.2) is 9.97 Å². The van der Waals surface area contributed by atoms with Crippen molar-refractivity contribution in [2.24, 2.45) is 0 Å². The lowest BCUT2D eigenvalue weighted by Gasteiger charge is -2.14. The number of aryl methyl sites for hydroxylation is 3. The van der Waals surface area contributed by atoms with Crippen LogP contribution in [0, 0.1) is 33.5 Å². The topological polar surface area (TPSA) is 37.8 Å². The Morgan fingerprint density at radius 1 is 1.08 bits per heavy atom. The van der Waals surface area contributed by atoms with Crippen LogP contribution in [0.2, 0.25) is 0 Å². The number of halogens is 1. The second-order valence-corrected chi connectivity index (χ2v) is 7.33. The first kappa shape index (κ1) is 18.4. The van der Waals surface area contributed by atoms with Gasteiger partial charge in [0.15, 0.2) is 0 Å². The van der Waals surface area contributed by atoms with Gasteiger partial charge in [0, 0.05) is 29.4 Å². The second kappa shape index (κ2) is 7.87. The summed E-state index contributed by atoms with van der Waals surface area (Å²) in [6.45, 7) is 7.95. The van der Waals surface area contributed by atoms with E-state index in [0.29, 0.717) is 6.42 Å². The molecule has 0 unspecified atom stereocenters. The van der Waals surface area contributed by atoms with E-state index in [0.717, 1.165) is 44.2 Å². The van der Waals surface area contributed by atoms with E-state index in [2.05, 4.69) is 26.8 Å². The van der Waals surface area contributed by atoms with E-state index in [9.17, 15) is 4.39 Å². The highest BCUT2D eigenvalue weighted by Gasteiger charge is 2.10. The summed E-state index contributed by atoms with van der Waals surface area (Å²) < 4.78 is 17.1. The number of hydrogen-bond acceptors (Lipinski definition) is 4. The molecule has 26 heavy (non-hydrogen) atoms. The molecule has 0 spiro atoms. The van der Waals surface area contributed by atoms with Crippen molar-refractivity contribution in [3.05, 3.63) is 82.2 Å². The van der Waals surface area contributed by atoms with Crippen LogP contribution < -0.4 is 4.72 Å². The van der Waals surface area contributed by atoms with Gasteiger partial charge in [0.25, 0.3) is 0 Å². The third kappa shape index (κ3) is 4.22. The molecule has 1 aromatic carbocycles. The molecule has 2 heterocycles. The molecule has 0 aliphatic heterocycles. The van der Waals surface area contributed by atoms with Crippen LogP contribution in [0.3, 0.4) is 0 Å². The Kier molecular flexibility index (Phi) is 5.57. The zero-order valence-electron chi connectivity index (χ0n) is 15.4. The second-order valence-electron chi connectivity index (χ2n) is 6.48. The smallest absolute Gasteiger partial charge is 0.124 e. The molecule has 0 radical (unpaired) electrons. The molecule has 1 N–H and O–H groups in total. The third-order valence-corrected chi connectivity index (χ3v) is 5.40. The number of benzene rings is 1. The van der Waals surface area contributed by atoms with Crippen molar-refractivity contribution >= 4 is 17.6 Å². The number of rotatable bonds is 5. The van der Waals surface area contributed by atoms with Crippen LogP contribution >= 0.6 is 11.9 Å². The van der Waals surface area contributed by atoms with Crippen molar-refractivity contribution in [1.29, 1.82) is 0 Å². The zero-order valence-corrected chi connectivity index (χ0v) is 16.2. The van der Waals surface area contributed by atoms with Crippen molar-refractivity contribution in [2.45, 2.75) is 39.0 Å². The minimum Gasteiger partial charge on any atom is -0.324 e. The van der Waals surface area contributed by atoms with Crippen LogP contribution in [-0.2, 0) is 6.42 Å². The van der Waals surface area contributed by atoms with Gasteiger partial charge in [-0.2, -0.15) is 0 Å². The summed E-state index contributed by atoms with van der Waals surface area (Å²) in [5.74, 6) is -0.217. The van der Waals surface area contributed by atoms with E-state index in [4.69, 9.17) is 0 Å². The fourth-order valence-electron chi connectivity index (χ4n) is 2.71. The summed E-state index contributed by atoms with van der Waals surface area (Å²) in [5, 5.41) is 0. The maximum absolute atomic E-state index is 13.7. The van der Waals surface area contributed by atoms with Crippen molar-refractivity contribution in [3.8, 4) is 0 Å². The zero-order chi connectivity index (χ0) is 18.7. The van der Waals surface area contributed by atoms with Gasteiger partial charge in [0.1, 0.15) is 5.82 Å². The molecule has 3 aromatic rings. The predicted molar refractivity (Wildman–Crippen MR) is 106 cm³/mol. The van der Waals surface area contributed by atoms with Crippen LogP contribution in [0.15, 0.2) is 47.6 Å². The Morgan fingerprint density at radius 3 is 2.65 bits per heavy atom. The van der Waals surface area contributed by atoms with Crippen molar-refractivity contribution < 1.29 is 4.39 Å². The highest BCUT2D eigenvalue weighted by atomic mass is 32.2. The van der Waals surface area contributed by atoms with Crippen molar-refractivity contribution in [1.82, 2.24) is 9.97 Å². The Labute approximate surface area is 158 Å². The monoisotopic (exact) mass is 367 g/mol. The van der Waals surface area contributed by atoms with Gasteiger partial charge in [-0.15, -0.1) is 0 Å². The van der Waals surface area contributed by atoms with Gasteiger partial charge in [-0.3, -0.25) is 9.97 Å². The lowest BCUT2D eigenvalue weighted by Crippen LogP contribution is -2.02. The molecule has 0 atom stereocenters. The van der Waals surface area contributed by atoms with Gasteiger partial charge in [0.2, 0.25) is 0 Å². The van der Waals surface area contributed by atoms with E-state index in [-0.39, 0.29) is 5.82 Å². The van der Waals surface area contributed by atoms with Crippen LogP contribution in [0.5, 0.6) is 0 Å². The van der Waals surface area contributed by atoms with Crippen molar-refractivity contribution in [2.75, 3.05) is 4.72 Å². The number of anilines is 1. The van der Waals surface area contributed by atoms with Gasteiger partial charge in [-0.1, -0.05) is 6.07 Å². The molecule has 3 nitrogen and oxygen atoms in total. The first-order chi connectivity index (χ1) is 12.4. The quantitative estimate of drug-likeness (QED) is 0.599. The first-order valence-corrected chi connectivity index (χ1v) is 9.31. The molecular formula is C21H22FN3S. The molecule has 0 saturated heterocycles.